The molecule has 0 aromatic heterocycles. The Kier molecular flexibility index (Phi) is 4.53. The minimum absolute atomic E-state index is 0.241. The van der Waals surface area contributed by atoms with Crippen LogP contribution in [0.1, 0.15) is 25.3 Å². The first kappa shape index (κ1) is 17.4. The summed E-state index contributed by atoms with van der Waals surface area (Å²) >= 11 is 0. The van der Waals surface area contributed by atoms with Gasteiger partial charge in [0.15, 0.2) is 0 Å². The fraction of sp³-hybridized carbons (Fsp3) is 0.308. The molecule has 0 radical (unpaired) electrons. The van der Waals surface area contributed by atoms with Crippen LogP contribution in [0, 0.1) is 20.2 Å². The number of nitrogens with one attached hydrogen (secondary N) is 1. The van der Waals surface area contributed by atoms with Crippen molar-refractivity contribution in [2.75, 3.05) is 5.43 Å². The van der Waals surface area contributed by atoms with E-state index in [-0.39, 0.29) is 12.1 Å². The van der Waals surface area contributed by atoms with Crippen molar-refractivity contribution < 1.29 is 23.0 Å². The third-order valence-electron chi connectivity index (χ3n) is 3.32. The van der Waals surface area contributed by atoms with E-state index in [0.29, 0.717) is 12.1 Å². The molecule has 1 aliphatic carbocycles. The highest BCUT2D eigenvalue weighted by Gasteiger charge is 2.37. The van der Waals surface area contributed by atoms with Gasteiger partial charge in [-0.1, -0.05) is 5.57 Å². The smallest absolute Gasteiger partial charge is 0.266 e. The summed E-state index contributed by atoms with van der Waals surface area (Å²) < 4.78 is 38.3. The number of allylic oxidation sites excluding steroid dienone is 2. The van der Waals surface area contributed by atoms with Crippen LogP contribution in [0.15, 0.2) is 28.9 Å². The highest BCUT2D eigenvalue weighted by Crippen LogP contribution is 2.41. The van der Waals surface area contributed by atoms with Crippen molar-refractivity contribution in [3.8, 4) is 0 Å². The maximum absolute atomic E-state index is 12.8. The summed E-state index contributed by atoms with van der Waals surface area (Å²) in [5.41, 5.74) is -0.626. The van der Waals surface area contributed by atoms with Crippen molar-refractivity contribution in [3.05, 3.63) is 49.6 Å². The predicted molar refractivity (Wildman–Crippen MR) is 78.8 cm³/mol. The number of anilines is 1. The number of rotatable bonds is 4. The first-order chi connectivity index (χ1) is 11.1. The molecule has 0 bridgehead atoms. The maximum atomic E-state index is 12.8. The molecular weight excluding hydrogens is 333 g/mol. The Hall–Kier alpha value is -2.98. The number of hydrazone groups is 1. The lowest BCUT2D eigenvalue weighted by molar-refractivity contribution is -0.392. The second-order valence-corrected chi connectivity index (χ2v) is 5.11. The largest absolute Gasteiger partial charge is 0.416 e. The van der Waals surface area contributed by atoms with Crippen LogP contribution in [0.4, 0.5) is 30.2 Å². The molecule has 0 saturated heterocycles. The number of alkyl halides is 3. The van der Waals surface area contributed by atoms with Crippen molar-refractivity contribution in [1.82, 2.24) is 0 Å². The first-order valence-electron chi connectivity index (χ1n) is 6.63. The van der Waals surface area contributed by atoms with E-state index in [2.05, 4.69) is 10.5 Å². The molecule has 11 heteroatoms. The summed E-state index contributed by atoms with van der Waals surface area (Å²) in [5.74, 6) is 0. The monoisotopic (exact) mass is 344 g/mol. The molecule has 1 aromatic rings. The van der Waals surface area contributed by atoms with E-state index in [1.54, 1.807) is 6.08 Å². The molecule has 8 nitrogen and oxygen atoms in total. The van der Waals surface area contributed by atoms with Gasteiger partial charge in [-0.05, 0) is 25.8 Å². The lowest BCUT2D eigenvalue weighted by Gasteiger charge is -2.09. The van der Waals surface area contributed by atoms with Crippen LogP contribution in [0.2, 0.25) is 0 Å². The standard InChI is InChI=1S/C13H11F3N4O4/c1-7-2-3-9(4-7)17-18-12-10(19(21)22)5-8(13(14,15)16)6-11(12)20(23)24/h4-6,18H,2-3H2,1H3/b17-9+. The van der Waals surface area contributed by atoms with Crippen molar-refractivity contribution >= 4 is 22.8 Å². The summed E-state index contributed by atoms with van der Waals surface area (Å²) in [6.45, 7) is 1.84. The summed E-state index contributed by atoms with van der Waals surface area (Å²) in [7, 11) is 0. The number of hydrogen-bond acceptors (Lipinski definition) is 6. The first-order valence-corrected chi connectivity index (χ1v) is 6.63. The zero-order chi connectivity index (χ0) is 18.1. The Morgan fingerprint density at radius 2 is 1.67 bits per heavy atom. The number of nitro benzene ring substituents is 2. The Morgan fingerprint density at radius 3 is 2.04 bits per heavy atom. The molecule has 0 atom stereocenters. The second kappa shape index (κ2) is 6.26. The van der Waals surface area contributed by atoms with Gasteiger partial charge in [-0.2, -0.15) is 18.3 Å². The Balaban J connectivity index is 2.56. The Bertz CT molecular complexity index is 736. The van der Waals surface area contributed by atoms with Gasteiger partial charge in [-0.3, -0.25) is 25.7 Å². The van der Waals surface area contributed by atoms with Crippen molar-refractivity contribution in [2.24, 2.45) is 5.10 Å². The van der Waals surface area contributed by atoms with Crippen molar-refractivity contribution in [3.63, 3.8) is 0 Å². The fourth-order valence-electron chi connectivity index (χ4n) is 2.15. The number of nitro groups is 2. The van der Waals surface area contributed by atoms with Crippen LogP contribution in [0.5, 0.6) is 0 Å². The average Bonchev–Trinajstić information content (AvgIpc) is 2.88. The molecule has 0 heterocycles. The van der Waals surface area contributed by atoms with Crippen molar-refractivity contribution in [1.29, 1.82) is 0 Å². The van der Waals surface area contributed by atoms with Gasteiger partial charge in [0.05, 0.1) is 21.1 Å². The van der Waals surface area contributed by atoms with Gasteiger partial charge in [0, 0.05) is 12.1 Å². The Labute approximate surface area is 133 Å². The zero-order valence-electron chi connectivity index (χ0n) is 12.3. The van der Waals surface area contributed by atoms with E-state index in [1.165, 1.54) is 0 Å². The quantitative estimate of drug-likeness (QED) is 0.655. The minimum atomic E-state index is -4.95. The van der Waals surface area contributed by atoms with Crippen LogP contribution >= 0.6 is 0 Å². The van der Waals surface area contributed by atoms with Gasteiger partial charge in [-0.15, -0.1) is 0 Å². The van der Waals surface area contributed by atoms with Gasteiger partial charge < -0.3 is 0 Å². The second-order valence-electron chi connectivity index (χ2n) is 5.11. The molecule has 0 amide bonds. The minimum Gasteiger partial charge on any atom is -0.266 e. The molecule has 0 spiro atoms. The summed E-state index contributed by atoms with van der Waals surface area (Å²) in [6, 6.07) is 0.483. The molecule has 128 valence electrons. The number of halogens is 3. The molecule has 0 fully saturated rings. The fourth-order valence-corrected chi connectivity index (χ4v) is 2.15. The third-order valence-corrected chi connectivity index (χ3v) is 3.32. The van der Waals surface area contributed by atoms with Crippen LogP contribution in [0.25, 0.3) is 0 Å². The number of hydrogen-bond donors (Lipinski definition) is 1. The lowest BCUT2D eigenvalue weighted by atomic mass is 10.1. The molecule has 0 saturated carbocycles. The van der Waals surface area contributed by atoms with E-state index < -0.39 is 38.6 Å². The molecular formula is C13H11F3N4O4. The van der Waals surface area contributed by atoms with Gasteiger partial charge in [0.2, 0.25) is 5.69 Å². The maximum Gasteiger partial charge on any atom is 0.416 e. The predicted octanol–water partition coefficient (Wildman–Crippen LogP) is 4.03. The molecule has 1 N–H and O–H groups in total. The van der Waals surface area contributed by atoms with E-state index in [9.17, 15) is 33.4 Å². The third kappa shape index (κ3) is 3.67. The Morgan fingerprint density at radius 1 is 1.12 bits per heavy atom. The van der Waals surface area contributed by atoms with E-state index in [1.807, 2.05) is 6.92 Å². The van der Waals surface area contributed by atoms with Gasteiger partial charge in [-0.25, -0.2) is 0 Å². The summed E-state index contributed by atoms with van der Waals surface area (Å²) in [5, 5.41) is 25.9. The van der Waals surface area contributed by atoms with Crippen LogP contribution in [0.3, 0.4) is 0 Å². The molecule has 24 heavy (non-hydrogen) atoms. The van der Waals surface area contributed by atoms with E-state index in [4.69, 9.17) is 0 Å². The summed E-state index contributed by atoms with van der Waals surface area (Å²) in [4.78, 5) is 19.8. The normalized spacial score (nSPS) is 16.2. The highest BCUT2D eigenvalue weighted by molar-refractivity contribution is 5.98. The zero-order valence-corrected chi connectivity index (χ0v) is 12.3. The topological polar surface area (TPSA) is 111 Å². The lowest BCUT2D eigenvalue weighted by Crippen LogP contribution is -2.09. The summed E-state index contributed by atoms with van der Waals surface area (Å²) in [6.07, 6.45) is -2.02. The van der Waals surface area contributed by atoms with E-state index >= 15 is 0 Å². The van der Waals surface area contributed by atoms with Crippen molar-refractivity contribution in [2.45, 2.75) is 25.9 Å². The molecule has 2 rings (SSSR count). The highest BCUT2D eigenvalue weighted by atomic mass is 19.4. The van der Waals surface area contributed by atoms with E-state index in [0.717, 1.165) is 12.0 Å². The van der Waals surface area contributed by atoms with Gasteiger partial charge >= 0.3 is 17.6 Å². The van der Waals surface area contributed by atoms with Crippen LogP contribution < -0.4 is 5.43 Å². The van der Waals surface area contributed by atoms with Crippen LogP contribution in [-0.2, 0) is 6.18 Å². The van der Waals surface area contributed by atoms with Gasteiger partial charge in [0.25, 0.3) is 0 Å². The SMILES string of the molecule is CC1=C/C(=N/Nc2c([N+](=O)[O-])cc(C(F)(F)F)cc2[N+](=O)[O-])CC1. The molecule has 1 aliphatic rings. The molecule has 0 aliphatic heterocycles. The average molecular weight is 344 g/mol. The number of benzene rings is 1. The number of nitrogens with zero attached hydrogens (tertiary/aromatic N) is 3. The molecule has 1 aromatic carbocycles. The van der Waals surface area contributed by atoms with Gasteiger partial charge in [0.1, 0.15) is 0 Å². The molecule has 0 unspecified atom stereocenters. The van der Waals surface area contributed by atoms with Crippen LogP contribution in [-0.4, -0.2) is 15.6 Å².